The van der Waals surface area contributed by atoms with Crippen LogP contribution in [0.1, 0.15) is 47.2 Å². The molecule has 0 atom stereocenters. The van der Waals surface area contributed by atoms with Gasteiger partial charge in [0.1, 0.15) is 0 Å². The van der Waals surface area contributed by atoms with Gasteiger partial charge in [-0.1, -0.05) is 226 Å². The lowest BCUT2D eigenvalue weighted by Gasteiger charge is -2.33. The molecule has 10 aromatic carbocycles. The van der Waals surface area contributed by atoms with Crippen molar-refractivity contribution in [2.75, 3.05) is 0 Å². The molecule has 1 aromatic heterocycles. The molecule has 310 valence electrons. The fourth-order valence-electron chi connectivity index (χ4n) is 11.6. The fourth-order valence-corrected chi connectivity index (χ4v) is 11.6. The first-order valence-electron chi connectivity index (χ1n) is 23.0. The van der Waals surface area contributed by atoms with Crippen LogP contribution in [0, 0.1) is 0 Å². The molecule has 2 aliphatic carbocycles. The molecule has 0 amide bonds. The van der Waals surface area contributed by atoms with Crippen LogP contribution in [0.25, 0.3) is 88.8 Å². The van der Waals surface area contributed by atoms with Gasteiger partial charge in [0.2, 0.25) is 0 Å². The van der Waals surface area contributed by atoms with E-state index >= 15 is 0 Å². The number of benzene rings is 10. The zero-order valence-electron chi connectivity index (χ0n) is 36.8. The molecular formula is C64H44N2. The number of fused-ring (bicyclic) bond motifs is 9. The average molecular weight is 841 g/mol. The Kier molecular flexibility index (Phi) is 8.51. The van der Waals surface area contributed by atoms with E-state index in [9.17, 15) is 0 Å². The number of aromatic nitrogens is 2. The molecular weight excluding hydrogens is 797 g/mol. The molecule has 13 rings (SSSR count). The van der Waals surface area contributed by atoms with Crippen molar-refractivity contribution in [3.8, 4) is 67.3 Å². The van der Waals surface area contributed by atoms with E-state index < -0.39 is 5.41 Å². The Morgan fingerprint density at radius 1 is 0.318 bits per heavy atom. The molecule has 0 fully saturated rings. The normalized spacial score (nSPS) is 13.8. The van der Waals surface area contributed by atoms with E-state index in [0.717, 1.165) is 33.5 Å². The van der Waals surface area contributed by atoms with Gasteiger partial charge in [0.25, 0.3) is 0 Å². The molecule has 0 radical (unpaired) electrons. The van der Waals surface area contributed by atoms with E-state index in [0.29, 0.717) is 5.82 Å². The maximum Gasteiger partial charge on any atom is 0.161 e. The monoisotopic (exact) mass is 840 g/mol. The summed E-state index contributed by atoms with van der Waals surface area (Å²) in [7, 11) is 0. The van der Waals surface area contributed by atoms with Crippen LogP contribution >= 0.6 is 0 Å². The van der Waals surface area contributed by atoms with Crippen molar-refractivity contribution in [3.05, 3.63) is 264 Å². The molecule has 66 heavy (non-hydrogen) atoms. The van der Waals surface area contributed by atoms with Gasteiger partial charge in [0.05, 0.1) is 16.8 Å². The number of hydrogen-bond donors (Lipinski definition) is 0. The van der Waals surface area contributed by atoms with E-state index in [1.807, 2.05) is 0 Å². The minimum Gasteiger partial charge on any atom is -0.228 e. The number of nitrogens with zero attached hydrogens (tertiary/aromatic N) is 2. The highest BCUT2D eigenvalue weighted by molar-refractivity contribution is 6.07. The van der Waals surface area contributed by atoms with Gasteiger partial charge in [-0.05, 0) is 107 Å². The predicted octanol–water partition coefficient (Wildman–Crippen LogP) is 16.1. The minimum atomic E-state index is -0.516. The molecule has 11 aromatic rings. The van der Waals surface area contributed by atoms with Crippen LogP contribution in [0.15, 0.2) is 231 Å². The Morgan fingerprint density at radius 2 is 0.879 bits per heavy atom. The first kappa shape index (κ1) is 38.3. The van der Waals surface area contributed by atoms with Crippen molar-refractivity contribution in [1.29, 1.82) is 0 Å². The molecule has 0 aliphatic heterocycles. The highest BCUT2D eigenvalue weighted by Gasteiger charge is 2.47. The maximum absolute atomic E-state index is 5.60. The second-order valence-electron chi connectivity index (χ2n) is 18.4. The van der Waals surface area contributed by atoms with Crippen LogP contribution in [0.2, 0.25) is 0 Å². The topological polar surface area (TPSA) is 25.8 Å². The quantitative estimate of drug-likeness (QED) is 0.167. The third-order valence-corrected chi connectivity index (χ3v) is 14.6. The van der Waals surface area contributed by atoms with E-state index in [1.165, 1.54) is 82.9 Å². The first-order chi connectivity index (χ1) is 32.5. The minimum absolute atomic E-state index is 0.136. The van der Waals surface area contributed by atoms with Gasteiger partial charge in [0.15, 0.2) is 5.82 Å². The zero-order valence-corrected chi connectivity index (χ0v) is 36.8. The smallest absolute Gasteiger partial charge is 0.161 e. The van der Waals surface area contributed by atoms with E-state index in [2.05, 4.69) is 244 Å². The Balaban J connectivity index is 1.01. The summed E-state index contributed by atoms with van der Waals surface area (Å²) in [6.45, 7) is 4.74. The SMILES string of the molecule is CC1(C)c2cc(-c3ccc(-c4nc(-c5ccccc5)cc(-c5cccc6c5-c5ccccc5C6(c5ccccc5)c5ccccc5)n4)c4ccccc34)ccc2-c2c1ccc1ccccc21. The third-order valence-electron chi connectivity index (χ3n) is 14.6. The number of rotatable bonds is 6. The summed E-state index contributed by atoms with van der Waals surface area (Å²) in [6.07, 6.45) is 0. The van der Waals surface area contributed by atoms with Gasteiger partial charge < -0.3 is 0 Å². The van der Waals surface area contributed by atoms with E-state index in [-0.39, 0.29) is 5.41 Å². The van der Waals surface area contributed by atoms with Crippen LogP contribution in [0.5, 0.6) is 0 Å². The van der Waals surface area contributed by atoms with E-state index in [4.69, 9.17) is 9.97 Å². The summed E-state index contributed by atoms with van der Waals surface area (Å²) in [5, 5.41) is 4.89. The van der Waals surface area contributed by atoms with Crippen LogP contribution < -0.4 is 0 Å². The Morgan fingerprint density at radius 3 is 1.64 bits per heavy atom. The third kappa shape index (κ3) is 5.55. The standard InChI is InChI=1S/C64H44N2/c1-63(2)55-38-34-41-19-12-13-26-47(41)60(55)52-35-33-43(39-57(52)63)46-36-37-50(49-28-15-14-27-48(46)49)62-65-58(42-20-6-3-7-21-42)40-59(66-62)53-30-18-32-56-61(53)51-29-16-17-31-54(51)64(56,44-22-8-4-9-23-44)45-24-10-5-11-25-45/h3-40H,1-2H3. The average Bonchev–Trinajstić information content (AvgIpc) is 3.82. The van der Waals surface area contributed by atoms with Gasteiger partial charge in [-0.25, -0.2) is 9.97 Å². The Hall–Kier alpha value is -8.20. The van der Waals surface area contributed by atoms with Gasteiger partial charge >= 0.3 is 0 Å². The highest BCUT2D eigenvalue weighted by atomic mass is 14.9. The molecule has 0 N–H and O–H groups in total. The predicted molar refractivity (Wildman–Crippen MR) is 274 cm³/mol. The molecule has 0 unspecified atom stereocenters. The lowest BCUT2D eigenvalue weighted by molar-refractivity contribution is 0.661. The first-order valence-corrected chi connectivity index (χ1v) is 23.0. The summed E-state index contributed by atoms with van der Waals surface area (Å²) in [5.74, 6) is 0.702. The van der Waals surface area contributed by atoms with Crippen LogP contribution in [-0.4, -0.2) is 9.97 Å². The van der Waals surface area contributed by atoms with Crippen LogP contribution in [0.3, 0.4) is 0 Å². The molecule has 0 saturated heterocycles. The second kappa shape index (κ2) is 14.7. The van der Waals surface area contributed by atoms with Crippen LogP contribution in [-0.2, 0) is 10.8 Å². The molecule has 2 aliphatic rings. The van der Waals surface area contributed by atoms with Crippen molar-refractivity contribution in [2.45, 2.75) is 24.7 Å². The van der Waals surface area contributed by atoms with Crippen molar-refractivity contribution < 1.29 is 0 Å². The maximum atomic E-state index is 5.60. The lowest BCUT2D eigenvalue weighted by atomic mass is 9.67. The largest absolute Gasteiger partial charge is 0.228 e. The van der Waals surface area contributed by atoms with E-state index in [1.54, 1.807) is 0 Å². The van der Waals surface area contributed by atoms with Crippen molar-refractivity contribution in [3.63, 3.8) is 0 Å². The van der Waals surface area contributed by atoms with Crippen molar-refractivity contribution in [2.24, 2.45) is 0 Å². The summed E-state index contributed by atoms with van der Waals surface area (Å²) >= 11 is 0. The molecule has 2 heteroatoms. The van der Waals surface area contributed by atoms with Gasteiger partial charge in [-0.2, -0.15) is 0 Å². The second-order valence-corrected chi connectivity index (χ2v) is 18.4. The van der Waals surface area contributed by atoms with Crippen molar-refractivity contribution >= 4 is 21.5 Å². The highest BCUT2D eigenvalue weighted by Crippen LogP contribution is 2.58. The summed E-state index contributed by atoms with van der Waals surface area (Å²) in [5.41, 5.74) is 19.6. The van der Waals surface area contributed by atoms with Gasteiger partial charge in [-0.15, -0.1) is 0 Å². The molecule has 0 saturated carbocycles. The van der Waals surface area contributed by atoms with Gasteiger partial charge in [-0.3, -0.25) is 0 Å². The number of hydrogen-bond acceptors (Lipinski definition) is 2. The van der Waals surface area contributed by atoms with Crippen molar-refractivity contribution in [1.82, 2.24) is 9.97 Å². The van der Waals surface area contributed by atoms with Gasteiger partial charge in [0, 0.05) is 22.1 Å². The molecule has 1 heterocycles. The summed E-state index contributed by atoms with van der Waals surface area (Å²) < 4.78 is 0. The lowest BCUT2D eigenvalue weighted by Crippen LogP contribution is -2.28. The Labute approximate surface area is 385 Å². The fraction of sp³-hybridized carbons (Fsp3) is 0.0625. The summed E-state index contributed by atoms with van der Waals surface area (Å²) in [6, 6.07) is 84.3. The molecule has 0 bridgehead atoms. The molecule has 2 nitrogen and oxygen atoms in total. The Bertz CT molecular complexity index is 3680. The van der Waals surface area contributed by atoms with Crippen LogP contribution in [0.4, 0.5) is 0 Å². The molecule has 0 spiro atoms. The zero-order chi connectivity index (χ0) is 44.0. The summed E-state index contributed by atoms with van der Waals surface area (Å²) in [4.78, 5) is 11.0.